The molecule has 0 amide bonds. The first-order chi connectivity index (χ1) is 8.74. The molecule has 4 heteroatoms. The van der Waals surface area contributed by atoms with Crippen molar-refractivity contribution in [2.45, 2.75) is 32.9 Å². The molecule has 0 aliphatic carbocycles. The Morgan fingerprint density at radius 1 is 1.50 bits per heavy atom. The zero-order valence-electron chi connectivity index (χ0n) is 11.2. The van der Waals surface area contributed by atoms with Gasteiger partial charge in [0.2, 0.25) is 0 Å². The van der Waals surface area contributed by atoms with Gasteiger partial charge >= 0.3 is 0 Å². The van der Waals surface area contributed by atoms with Crippen molar-refractivity contribution in [1.29, 1.82) is 0 Å². The van der Waals surface area contributed by atoms with Crippen LogP contribution in [0.15, 0.2) is 12.1 Å². The first kappa shape index (κ1) is 13.2. The summed E-state index contributed by atoms with van der Waals surface area (Å²) >= 11 is 0. The Morgan fingerprint density at radius 3 is 3.06 bits per heavy atom. The first-order valence-electron chi connectivity index (χ1n) is 6.60. The van der Waals surface area contributed by atoms with Gasteiger partial charge < -0.3 is 20.5 Å². The van der Waals surface area contributed by atoms with Gasteiger partial charge in [0, 0.05) is 37.2 Å². The van der Waals surface area contributed by atoms with Gasteiger partial charge in [0.25, 0.3) is 0 Å². The monoisotopic (exact) mass is 250 g/mol. The van der Waals surface area contributed by atoms with Gasteiger partial charge in [-0.25, -0.2) is 0 Å². The number of hydrogen-bond acceptors (Lipinski definition) is 4. The molecule has 100 valence electrons. The van der Waals surface area contributed by atoms with Crippen molar-refractivity contribution in [2.75, 3.05) is 19.7 Å². The third-order valence-corrected chi connectivity index (χ3v) is 3.02. The molecular weight excluding hydrogens is 228 g/mol. The Bertz CT molecular complexity index is 407. The highest BCUT2D eigenvalue weighted by molar-refractivity contribution is 5.48. The lowest BCUT2D eigenvalue weighted by molar-refractivity contribution is 0.254. The molecule has 1 atom stereocenters. The summed E-state index contributed by atoms with van der Waals surface area (Å²) in [5.74, 6) is 1.95. The minimum Gasteiger partial charge on any atom is -0.494 e. The van der Waals surface area contributed by atoms with E-state index in [0.29, 0.717) is 13.2 Å². The van der Waals surface area contributed by atoms with Crippen LogP contribution >= 0.6 is 0 Å². The van der Waals surface area contributed by atoms with Gasteiger partial charge in [0.1, 0.15) is 17.6 Å². The first-order valence-corrected chi connectivity index (χ1v) is 6.60. The second-order valence-electron chi connectivity index (χ2n) is 4.60. The summed E-state index contributed by atoms with van der Waals surface area (Å²) in [6.45, 7) is 6.98. The Labute approximate surface area is 108 Å². The van der Waals surface area contributed by atoms with E-state index in [9.17, 15) is 0 Å². The molecule has 1 heterocycles. The van der Waals surface area contributed by atoms with Crippen LogP contribution in [0.5, 0.6) is 11.5 Å². The minimum absolute atomic E-state index is 0.265. The van der Waals surface area contributed by atoms with E-state index in [1.54, 1.807) is 0 Å². The normalized spacial score (nSPS) is 17.4. The van der Waals surface area contributed by atoms with E-state index in [2.05, 4.69) is 24.4 Å². The highest BCUT2D eigenvalue weighted by Gasteiger charge is 2.21. The van der Waals surface area contributed by atoms with Gasteiger partial charge in [-0.3, -0.25) is 0 Å². The van der Waals surface area contributed by atoms with Gasteiger partial charge in [0.15, 0.2) is 0 Å². The van der Waals surface area contributed by atoms with E-state index in [-0.39, 0.29) is 6.10 Å². The molecule has 1 aliphatic heterocycles. The number of ether oxygens (including phenoxy) is 2. The molecule has 4 nitrogen and oxygen atoms in total. The summed E-state index contributed by atoms with van der Waals surface area (Å²) in [7, 11) is 0. The summed E-state index contributed by atoms with van der Waals surface area (Å²) in [5.41, 5.74) is 7.86. The van der Waals surface area contributed by atoms with Crippen LogP contribution in [-0.4, -0.2) is 25.8 Å². The molecule has 3 N–H and O–H groups in total. The fourth-order valence-electron chi connectivity index (χ4n) is 2.23. The maximum Gasteiger partial charge on any atom is 0.124 e. The van der Waals surface area contributed by atoms with Crippen molar-refractivity contribution in [3.63, 3.8) is 0 Å². The molecule has 1 aromatic rings. The van der Waals surface area contributed by atoms with Gasteiger partial charge in [-0.1, -0.05) is 0 Å². The fraction of sp³-hybridized carbons (Fsp3) is 0.571. The highest BCUT2D eigenvalue weighted by Crippen LogP contribution is 2.35. The van der Waals surface area contributed by atoms with E-state index in [4.69, 9.17) is 15.2 Å². The average Bonchev–Trinajstić information content (AvgIpc) is 2.69. The van der Waals surface area contributed by atoms with E-state index in [0.717, 1.165) is 36.6 Å². The lowest BCUT2D eigenvalue weighted by atomic mass is 10.1. The second-order valence-corrected chi connectivity index (χ2v) is 4.60. The van der Waals surface area contributed by atoms with Crippen molar-refractivity contribution >= 4 is 0 Å². The fourth-order valence-corrected chi connectivity index (χ4v) is 2.23. The molecule has 2 rings (SSSR count). The van der Waals surface area contributed by atoms with Crippen LogP contribution < -0.4 is 20.5 Å². The summed E-state index contributed by atoms with van der Waals surface area (Å²) < 4.78 is 11.5. The van der Waals surface area contributed by atoms with Gasteiger partial charge in [-0.2, -0.15) is 0 Å². The predicted molar refractivity (Wildman–Crippen MR) is 72.2 cm³/mol. The standard InChI is InChI=1S/C14H22N2O2/c1-3-17-13-7-11-6-10(2)18-14(11)8-12(13)9-16-5-4-15/h7-8,10,16H,3-6,9,15H2,1-2H3. The second kappa shape index (κ2) is 6.07. The predicted octanol–water partition coefficient (Wildman–Crippen LogP) is 1.46. The molecule has 0 saturated heterocycles. The van der Waals surface area contributed by atoms with Crippen LogP contribution in [0.2, 0.25) is 0 Å². The molecule has 0 spiro atoms. The largest absolute Gasteiger partial charge is 0.494 e. The van der Waals surface area contributed by atoms with Crippen molar-refractivity contribution in [3.8, 4) is 11.5 Å². The highest BCUT2D eigenvalue weighted by atomic mass is 16.5. The van der Waals surface area contributed by atoms with E-state index in [1.165, 1.54) is 5.56 Å². The minimum atomic E-state index is 0.265. The zero-order chi connectivity index (χ0) is 13.0. The Balaban J connectivity index is 2.18. The van der Waals surface area contributed by atoms with Crippen molar-refractivity contribution < 1.29 is 9.47 Å². The van der Waals surface area contributed by atoms with Crippen molar-refractivity contribution in [1.82, 2.24) is 5.32 Å². The Morgan fingerprint density at radius 2 is 2.33 bits per heavy atom. The quantitative estimate of drug-likeness (QED) is 0.750. The molecule has 0 aromatic heterocycles. The third kappa shape index (κ3) is 2.94. The smallest absolute Gasteiger partial charge is 0.124 e. The molecule has 0 fully saturated rings. The summed E-state index contributed by atoms with van der Waals surface area (Å²) in [6, 6.07) is 4.20. The molecule has 18 heavy (non-hydrogen) atoms. The maximum atomic E-state index is 5.78. The topological polar surface area (TPSA) is 56.5 Å². The van der Waals surface area contributed by atoms with Crippen molar-refractivity contribution in [2.24, 2.45) is 5.73 Å². The third-order valence-electron chi connectivity index (χ3n) is 3.02. The average molecular weight is 250 g/mol. The van der Waals surface area contributed by atoms with Gasteiger partial charge in [0.05, 0.1) is 6.61 Å². The summed E-state index contributed by atoms with van der Waals surface area (Å²) in [5, 5.41) is 3.29. The van der Waals surface area contributed by atoms with Crippen molar-refractivity contribution in [3.05, 3.63) is 23.3 Å². The SMILES string of the molecule is CCOc1cc2c(cc1CNCCN)OC(C)C2. The molecule has 0 radical (unpaired) electrons. The number of fused-ring (bicyclic) bond motifs is 1. The molecular formula is C14H22N2O2. The van der Waals surface area contributed by atoms with E-state index >= 15 is 0 Å². The molecule has 1 aliphatic rings. The molecule has 1 aromatic carbocycles. The summed E-state index contributed by atoms with van der Waals surface area (Å²) in [4.78, 5) is 0. The maximum absolute atomic E-state index is 5.78. The number of benzene rings is 1. The number of nitrogens with one attached hydrogen (secondary N) is 1. The van der Waals surface area contributed by atoms with Gasteiger partial charge in [-0.15, -0.1) is 0 Å². The van der Waals surface area contributed by atoms with E-state index < -0.39 is 0 Å². The van der Waals surface area contributed by atoms with Crippen LogP contribution in [0.25, 0.3) is 0 Å². The lowest BCUT2D eigenvalue weighted by Crippen LogP contribution is -2.22. The molecule has 0 saturated carbocycles. The van der Waals surface area contributed by atoms with Crippen LogP contribution in [0.4, 0.5) is 0 Å². The zero-order valence-corrected chi connectivity index (χ0v) is 11.2. The molecule has 1 unspecified atom stereocenters. The van der Waals surface area contributed by atoms with Gasteiger partial charge in [-0.05, 0) is 26.0 Å². The molecule has 0 bridgehead atoms. The van der Waals surface area contributed by atoms with Crippen LogP contribution in [0.1, 0.15) is 25.0 Å². The van der Waals surface area contributed by atoms with Crippen LogP contribution in [0, 0.1) is 0 Å². The summed E-state index contributed by atoms with van der Waals surface area (Å²) in [6.07, 6.45) is 1.23. The van der Waals surface area contributed by atoms with E-state index in [1.807, 2.05) is 6.92 Å². The number of nitrogens with two attached hydrogens (primary N) is 1. The Kier molecular flexibility index (Phi) is 4.44. The van der Waals surface area contributed by atoms with Crippen LogP contribution in [-0.2, 0) is 13.0 Å². The van der Waals surface area contributed by atoms with Crippen LogP contribution in [0.3, 0.4) is 0 Å². The lowest BCUT2D eigenvalue weighted by Gasteiger charge is -2.13. The number of hydrogen-bond donors (Lipinski definition) is 2. The Hall–Kier alpha value is -1.26. The number of rotatable bonds is 6.